The van der Waals surface area contributed by atoms with Crippen LogP contribution in [0.3, 0.4) is 0 Å². The van der Waals surface area contributed by atoms with Crippen LogP contribution in [0.4, 0.5) is 0 Å². The van der Waals surface area contributed by atoms with Crippen LogP contribution < -0.4 is 5.32 Å². The van der Waals surface area contributed by atoms with Gasteiger partial charge in [-0.2, -0.15) is 8.42 Å². The molecular formula is C15H21NO7S. The van der Waals surface area contributed by atoms with Crippen LogP contribution >= 0.6 is 0 Å². The van der Waals surface area contributed by atoms with Crippen molar-refractivity contribution in [2.24, 2.45) is 11.8 Å². The minimum atomic E-state index is -3.44. The molecule has 2 saturated carbocycles. The normalized spacial score (nSPS) is 35.0. The fraction of sp³-hybridized carbons (Fsp3) is 0.733. The molecular weight excluding hydrogens is 338 g/mol. The molecule has 0 aromatic carbocycles. The van der Waals surface area contributed by atoms with Crippen LogP contribution in [-0.2, 0) is 33.4 Å². The largest absolute Gasteiger partial charge is 0.462 e. The number of carbonyl (C=O) groups excluding carboxylic acids is 2. The monoisotopic (exact) mass is 359 g/mol. The predicted octanol–water partition coefficient (Wildman–Crippen LogP) is -0.256. The first kappa shape index (κ1) is 17.4. The maximum atomic E-state index is 11.8. The molecule has 5 unspecified atom stereocenters. The standard InChI is InChI=1S/C15H21NO7S/c1-8(2)15(18)16-7-12(17)21-3-4-22-13-9-5-10-11(6-9)24(19,20)23-14(10)13/h9-11,13-14H,1,3-7H2,2H3,(H,16,18). The van der Waals surface area contributed by atoms with E-state index in [9.17, 15) is 18.0 Å². The van der Waals surface area contributed by atoms with E-state index in [2.05, 4.69) is 11.9 Å². The van der Waals surface area contributed by atoms with Crippen LogP contribution in [0.5, 0.6) is 0 Å². The maximum absolute atomic E-state index is 11.8. The second-order valence-corrected chi connectivity index (χ2v) is 8.29. The summed E-state index contributed by atoms with van der Waals surface area (Å²) in [5.41, 5.74) is 0.312. The third kappa shape index (κ3) is 3.20. The number of amides is 1. The van der Waals surface area contributed by atoms with Gasteiger partial charge >= 0.3 is 5.97 Å². The molecule has 1 saturated heterocycles. The summed E-state index contributed by atoms with van der Waals surface area (Å²) in [5, 5.41) is 2.00. The Kier molecular flexibility index (Phi) is 4.67. The Bertz CT molecular complexity index is 659. The van der Waals surface area contributed by atoms with Crippen molar-refractivity contribution in [3.05, 3.63) is 12.2 Å². The van der Waals surface area contributed by atoms with Crippen LogP contribution in [0.2, 0.25) is 0 Å². The van der Waals surface area contributed by atoms with Gasteiger partial charge in [-0.25, -0.2) is 0 Å². The quantitative estimate of drug-likeness (QED) is 0.289. The van der Waals surface area contributed by atoms with Crippen molar-refractivity contribution in [3.8, 4) is 0 Å². The average molecular weight is 359 g/mol. The summed E-state index contributed by atoms with van der Waals surface area (Å²) in [7, 11) is -3.44. The van der Waals surface area contributed by atoms with Gasteiger partial charge in [0.05, 0.1) is 18.0 Å². The van der Waals surface area contributed by atoms with Gasteiger partial charge in [0.25, 0.3) is 10.1 Å². The van der Waals surface area contributed by atoms with Gasteiger partial charge in [-0.15, -0.1) is 0 Å². The number of hydrogen-bond donors (Lipinski definition) is 1. The summed E-state index contributed by atoms with van der Waals surface area (Å²) in [5.74, 6) is -0.752. The van der Waals surface area contributed by atoms with Crippen LogP contribution in [0, 0.1) is 11.8 Å². The van der Waals surface area contributed by atoms with Crippen molar-refractivity contribution in [3.63, 3.8) is 0 Å². The van der Waals surface area contributed by atoms with E-state index in [1.807, 2.05) is 0 Å². The summed E-state index contributed by atoms with van der Waals surface area (Å²) in [6.45, 7) is 4.98. The van der Waals surface area contributed by atoms with E-state index < -0.39 is 28.1 Å². The minimum Gasteiger partial charge on any atom is -0.462 e. The molecule has 0 aromatic heterocycles. The average Bonchev–Trinajstić information content (AvgIpc) is 3.12. The highest BCUT2D eigenvalue weighted by molar-refractivity contribution is 7.87. The molecule has 3 rings (SSSR count). The molecule has 5 atom stereocenters. The van der Waals surface area contributed by atoms with Gasteiger partial charge in [0.15, 0.2) is 0 Å². The Balaban J connectivity index is 1.37. The van der Waals surface area contributed by atoms with Crippen LogP contribution in [-0.4, -0.2) is 57.5 Å². The highest BCUT2D eigenvalue weighted by Gasteiger charge is 2.64. The Morgan fingerprint density at radius 3 is 2.75 bits per heavy atom. The molecule has 1 heterocycles. The molecule has 134 valence electrons. The van der Waals surface area contributed by atoms with Gasteiger partial charge in [-0.1, -0.05) is 6.58 Å². The molecule has 0 spiro atoms. The first-order chi connectivity index (χ1) is 11.3. The van der Waals surface area contributed by atoms with E-state index in [1.165, 1.54) is 0 Å². The van der Waals surface area contributed by atoms with Gasteiger partial charge in [-0.05, 0) is 25.7 Å². The minimum absolute atomic E-state index is 0.0323. The van der Waals surface area contributed by atoms with Crippen molar-refractivity contribution >= 4 is 22.0 Å². The number of nitrogens with one attached hydrogen (secondary N) is 1. The van der Waals surface area contributed by atoms with Gasteiger partial charge in [0.1, 0.15) is 19.3 Å². The number of esters is 1. The Labute approximate surface area is 140 Å². The van der Waals surface area contributed by atoms with Crippen molar-refractivity contribution in [1.82, 2.24) is 5.32 Å². The SMILES string of the molecule is C=C(C)C(=O)NCC(=O)OCCOC1C2CC3C1OS(=O)(=O)C3C2. The van der Waals surface area contributed by atoms with E-state index in [4.69, 9.17) is 13.7 Å². The first-order valence-corrected chi connectivity index (χ1v) is 9.40. The van der Waals surface area contributed by atoms with E-state index in [0.29, 0.717) is 12.0 Å². The predicted molar refractivity (Wildman–Crippen MR) is 82.3 cm³/mol. The van der Waals surface area contributed by atoms with Gasteiger partial charge in [0, 0.05) is 11.5 Å². The van der Waals surface area contributed by atoms with E-state index in [1.54, 1.807) is 6.92 Å². The highest BCUT2D eigenvalue weighted by Crippen LogP contribution is 2.55. The number of hydrogen-bond acceptors (Lipinski definition) is 7. The molecule has 3 fully saturated rings. The molecule has 8 nitrogen and oxygen atoms in total. The summed E-state index contributed by atoms with van der Waals surface area (Å²) >= 11 is 0. The summed E-state index contributed by atoms with van der Waals surface area (Å²) in [6.07, 6.45) is 0.738. The number of fused-ring (bicyclic) bond motifs is 1. The molecule has 9 heteroatoms. The molecule has 0 aromatic rings. The van der Waals surface area contributed by atoms with Crippen LogP contribution in [0.1, 0.15) is 19.8 Å². The van der Waals surface area contributed by atoms with Crippen molar-refractivity contribution in [2.45, 2.75) is 37.2 Å². The lowest BCUT2D eigenvalue weighted by Crippen LogP contribution is -2.36. The van der Waals surface area contributed by atoms with E-state index in [0.717, 1.165) is 6.42 Å². The third-order valence-electron chi connectivity index (χ3n) is 4.85. The Morgan fingerprint density at radius 1 is 1.29 bits per heavy atom. The molecule has 24 heavy (non-hydrogen) atoms. The van der Waals surface area contributed by atoms with Gasteiger partial charge in [-0.3, -0.25) is 13.8 Å². The Morgan fingerprint density at radius 2 is 2.04 bits per heavy atom. The van der Waals surface area contributed by atoms with Crippen molar-refractivity contribution in [2.75, 3.05) is 19.8 Å². The maximum Gasteiger partial charge on any atom is 0.325 e. The molecule has 3 aliphatic rings. The second-order valence-electron chi connectivity index (χ2n) is 6.51. The third-order valence-corrected chi connectivity index (χ3v) is 6.63. The van der Waals surface area contributed by atoms with Gasteiger partial charge in [0.2, 0.25) is 5.91 Å². The lowest BCUT2D eigenvalue weighted by molar-refractivity contribution is -0.146. The second kappa shape index (κ2) is 6.45. The Hall–Kier alpha value is -1.45. The molecule has 1 aliphatic heterocycles. The first-order valence-electron chi connectivity index (χ1n) is 7.92. The summed E-state index contributed by atoms with van der Waals surface area (Å²) < 4.78 is 39.5. The molecule has 1 amide bonds. The zero-order valence-corrected chi connectivity index (χ0v) is 14.2. The number of ether oxygens (including phenoxy) is 2. The fourth-order valence-corrected chi connectivity index (χ4v) is 5.69. The summed E-state index contributed by atoms with van der Waals surface area (Å²) in [6, 6.07) is 0. The van der Waals surface area contributed by atoms with E-state index in [-0.39, 0.29) is 42.9 Å². The number of carbonyl (C=O) groups is 2. The van der Waals surface area contributed by atoms with E-state index >= 15 is 0 Å². The van der Waals surface area contributed by atoms with Crippen molar-refractivity contribution in [1.29, 1.82) is 0 Å². The zero-order valence-electron chi connectivity index (χ0n) is 13.4. The van der Waals surface area contributed by atoms with Crippen molar-refractivity contribution < 1.29 is 31.7 Å². The lowest BCUT2D eigenvalue weighted by Gasteiger charge is -2.25. The molecule has 1 N–H and O–H groups in total. The smallest absolute Gasteiger partial charge is 0.325 e. The summed E-state index contributed by atoms with van der Waals surface area (Å²) in [4.78, 5) is 22.7. The lowest BCUT2D eigenvalue weighted by atomic mass is 9.94. The van der Waals surface area contributed by atoms with Crippen LogP contribution in [0.25, 0.3) is 0 Å². The van der Waals surface area contributed by atoms with Gasteiger partial charge < -0.3 is 14.8 Å². The fourth-order valence-electron chi connectivity index (χ4n) is 3.81. The molecule has 0 radical (unpaired) electrons. The molecule has 2 aliphatic carbocycles. The highest BCUT2D eigenvalue weighted by atomic mass is 32.2. The molecule has 2 bridgehead atoms. The zero-order chi connectivity index (χ0) is 17.5. The topological polar surface area (TPSA) is 108 Å². The van der Waals surface area contributed by atoms with Crippen LogP contribution in [0.15, 0.2) is 12.2 Å². The number of rotatable bonds is 7.